The fourth-order valence-electron chi connectivity index (χ4n) is 7.20. The maximum atomic E-state index is 5.68. The first-order valence-electron chi connectivity index (χ1n) is 17.3. The van der Waals surface area contributed by atoms with Crippen molar-refractivity contribution in [3.8, 4) is 44.5 Å². The second kappa shape index (κ2) is 13.4. The number of benzene rings is 7. The lowest BCUT2D eigenvalue weighted by atomic mass is 9.82. The molecule has 0 atom stereocenters. The van der Waals surface area contributed by atoms with Crippen LogP contribution in [0.25, 0.3) is 44.5 Å². The normalized spacial score (nSPS) is 13.0. The van der Waals surface area contributed by atoms with Crippen LogP contribution in [0, 0.1) is 0 Å². The van der Waals surface area contributed by atoms with E-state index in [1.165, 1.54) is 27.8 Å². The van der Waals surface area contributed by atoms with E-state index in [0.29, 0.717) is 6.67 Å². The molecule has 0 unspecified atom stereocenters. The topological polar surface area (TPSA) is 18.8 Å². The van der Waals surface area contributed by atoms with Crippen LogP contribution >= 0.6 is 0 Å². The predicted molar refractivity (Wildman–Crippen MR) is 211 cm³/mol. The smallest absolute Gasteiger partial charge is 0.141 e. The predicted octanol–water partition coefficient (Wildman–Crippen LogP) is 11.9. The van der Waals surface area contributed by atoms with Gasteiger partial charge in [-0.05, 0) is 41.7 Å². The second-order valence-corrected chi connectivity index (χ2v) is 13.3. The van der Waals surface area contributed by atoms with Crippen molar-refractivity contribution in [1.82, 2.24) is 0 Å². The van der Waals surface area contributed by atoms with E-state index < -0.39 is 5.41 Å². The first kappa shape index (κ1) is 31.1. The lowest BCUT2D eigenvalue weighted by Gasteiger charge is -2.34. The molecule has 1 aliphatic rings. The molecule has 1 heterocycles. The molecule has 0 aromatic heterocycles. The van der Waals surface area contributed by atoms with E-state index in [1.807, 2.05) is 0 Å². The van der Waals surface area contributed by atoms with Crippen molar-refractivity contribution in [2.45, 2.75) is 19.3 Å². The van der Waals surface area contributed by atoms with Crippen LogP contribution in [0.5, 0.6) is 0 Å². The van der Waals surface area contributed by atoms with Gasteiger partial charge in [0.1, 0.15) is 12.5 Å². The quantitative estimate of drug-likeness (QED) is 0.164. The molecule has 0 saturated carbocycles. The third-order valence-electron chi connectivity index (χ3n) is 9.74. The third kappa shape index (κ3) is 5.77. The molecule has 7 aromatic carbocycles. The van der Waals surface area contributed by atoms with Crippen molar-refractivity contribution >= 4 is 17.2 Å². The summed E-state index contributed by atoms with van der Waals surface area (Å²) in [4.78, 5) is 2.47. The van der Waals surface area contributed by atoms with E-state index in [-0.39, 0.29) is 0 Å². The minimum Gasteiger partial charge on any atom is -0.306 e. The number of hydrazone groups is 1. The average Bonchev–Trinajstić information content (AvgIpc) is 3.65. The minimum absolute atomic E-state index is 0.428. The number of amidine groups is 1. The Balaban J connectivity index is 1.40. The molecule has 0 spiro atoms. The maximum Gasteiger partial charge on any atom is 0.141 e. The molecular weight excluding hydrogens is 607 g/mol. The Morgan fingerprint density at radius 3 is 1.12 bits per heavy atom. The monoisotopic (exact) mass is 645 g/mol. The summed E-state index contributed by atoms with van der Waals surface area (Å²) in [6.07, 6.45) is 0. The highest BCUT2D eigenvalue weighted by Gasteiger charge is 2.40. The van der Waals surface area contributed by atoms with Crippen LogP contribution < -0.4 is 9.91 Å². The van der Waals surface area contributed by atoms with Gasteiger partial charge in [0.25, 0.3) is 0 Å². The summed E-state index contributed by atoms with van der Waals surface area (Å²) >= 11 is 0. The highest BCUT2D eigenvalue weighted by molar-refractivity contribution is 6.12. The minimum atomic E-state index is -0.428. The highest BCUT2D eigenvalue weighted by Crippen LogP contribution is 2.47. The highest BCUT2D eigenvalue weighted by atomic mass is 15.6. The molecule has 7 aromatic rings. The van der Waals surface area contributed by atoms with Crippen molar-refractivity contribution in [2.24, 2.45) is 5.10 Å². The van der Waals surface area contributed by atoms with Gasteiger partial charge in [0.2, 0.25) is 0 Å². The summed E-state index contributed by atoms with van der Waals surface area (Å²) in [6.45, 7) is 5.14. The molecular formula is C47H39N3. The largest absolute Gasteiger partial charge is 0.306 e. The zero-order valence-corrected chi connectivity index (χ0v) is 28.4. The Bertz CT molecular complexity index is 2130. The molecule has 0 aliphatic carbocycles. The number of anilines is 2. The summed E-state index contributed by atoms with van der Waals surface area (Å²) in [5.41, 5.74) is 12.3. The van der Waals surface area contributed by atoms with Crippen molar-refractivity contribution in [3.05, 3.63) is 194 Å². The van der Waals surface area contributed by atoms with Gasteiger partial charge in [-0.1, -0.05) is 188 Å². The molecule has 0 bridgehead atoms. The molecule has 50 heavy (non-hydrogen) atoms. The molecule has 8 rings (SSSR count). The summed E-state index contributed by atoms with van der Waals surface area (Å²) in [7, 11) is 0. The van der Waals surface area contributed by atoms with Crippen molar-refractivity contribution in [3.63, 3.8) is 0 Å². The van der Waals surface area contributed by atoms with Gasteiger partial charge in [0.05, 0.1) is 11.4 Å². The van der Waals surface area contributed by atoms with Gasteiger partial charge in [-0.3, -0.25) is 0 Å². The molecule has 0 amide bonds. The summed E-state index contributed by atoms with van der Waals surface area (Å²) < 4.78 is 0. The van der Waals surface area contributed by atoms with Crippen LogP contribution in [0.4, 0.5) is 11.4 Å². The molecule has 242 valence electrons. The van der Waals surface area contributed by atoms with Crippen LogP contribution in [0.1, 0.15) is 19.4 Å². The number of nitrogens with zero attached hydrogens (tertiary/aromatic N) is 3. The van der Waals surface area contributed by atoms with E-state index in [9.17, 15) is 0 Å². The van der Waals surface area contributed by atoms with Gasteiger partial charge in [0.15, 0.2) is 0 Å². The first-order chi connectivity index (χ1) is 24.6. The second-order valence-electron chi connectivity index (χ2n) is 13.3. The Morgan fingerprint density at radius 2 is 0.740 bits per heavy atom. The SMILES string of the molecule is CC(C)(C1=NN(c2c(-c3ccccc3)cccc2-c2ccccc2)CN1c1c(-c2ccccc2)cccc1-c1ccccc1)c1ccccc1. The lowest BCUT2D eigenvalue weighted by Crippen LogP contribution is -2.42. The molecule has 0 saturated heterocycles. The van der Waals surface area contributed by atoms with E-state index in [1.54, 1.807) is 0 Å². The van der Waals surface area contributed by atoms with Gasteiger partial charge < -0.3 is 4.90 Å². The maximum absolute atomic E-state index is 5.68. The zero-order chi connectivity index (χ0) is 33.9. The number of rotatable bonds is 8. The summed E-state index contributed by atoms with van der Waals surface area (Å²) in [5.74, 6) is 0.992. The number of para-hydroxylation sites is 2. The zero-order valence-electron chi connectivity index (χ0n) is 28.4. The number of hydrogen-bond acceptors (Lipinski definition) is 3. The average molecular weight is 646 g/mol. The first-order valence-corrected chi connectivity index (χ1v) is 17.3. The van der Waals surface area contributed by atoms with Crippen LogP contribution in [0.2, 0.25) is 0 Å². The standard InChI is InChI=1S/C47H39N3/c1-47(2,39-28-16-7-17-29-39)46-48-50(45-42(37-24-12-5-13-25-37)32-19-33-43(45)38-26-14-6-15-27-38)34-49(46)44-40(35-20-8-3-9-21-35)30-18-31-41(44)36-22-10-4-11-23-36/h3-33H,34H2,1-2H3. The van der Waals surface area contributed by atoms with Crippen LogP contribution in [0.3, 0.4) is 0 Å². The van der Waals surface area contributed by atoms with Gasteiger partial charge in [0, 0.05) is 27.7 Å². The fourth-order valence-corrected chi connectivity index (χ4v) is 7.20. The Kier molecular flexibility index (Phi) is 8.32. The van der Waals surface area contributed by atoms with E-state index in [2.05, 4.69) is 212 Å². The van der Waals surface area contributed by atoms with Crippen molar-refractivity contribution < 1.29 is 0 Å². The van der Waals surface area contributed by atoms with Crippen LogP contribution in [-0.4, -0.2) is 12.5 Å². The molecule has 3 nitrogen and oxygen atoms in total. The van der Waals surface area contributed by atoms with Gasteiger partial charge >= 0.3 is 0 Å². The van der Waals surface area contributed by atoms with Gasteiger partial charge in [-0.15, -0.1) is 0 Å². The fraction of sp³-hybridized carbons (Fsp3) is 0.0851. The van der Waals surface area contributed by atoms with Crippen LogP contribution in [0.15, 0.2) is 193 Å². The van der Waals surface area contributed by atoms with Gasteiger partial charge in [-0.2, -0.15) is 5.10 Å². The Labute approximate surface area is 295 Å². The molecule has 0 N–H and O–H groups in total. The van der Waals surface area contributed by atoms with E-state index in [4.69, 9.17) is 5.10 Å². The van der Waals surface area contributed by atoms with Gasteiger partial charge in [-0.25, -0.2) is 5.01 Å². The van der Waals surface area contributed by atoms with Crippen molar-refractivity contribution in [2.75, 3.05) is 16.6 Å². The number of hydrogen-bond donors (Lipinski definition) is 0. The Hall–Kier alpha value is -6.19. The summed E-state index contributed by atoms with van der Waals surface area (Å²) in [5, 5.41) is 7.92. The van der Waals surface area contributed by atoms with Crippen molar-refractivity contribution in [1.29, 1.82) is 0 Å². The molecule has 0 fully saturated rings. The molecule has 0 radical (unpaired) electrons. The lowest BCUT2D eigenvalue weighted by molar-refractivity contribution is 0.707. The molecule has 3 heteroatoms. The molecule has 1 aliphatic heterocycles. The summed E-state index contributed by atoms with van der Waals surface area (Å²) in [6, 6.07) is 66.9. The Morgan fingerprint density at radius 1 is 0.400 bits per heavy atom. The third-order valence-corrected chi connectivity index (χ3v) is 9.74. The van der Waals surface area contributed by atoms with E-state index in [0.717, 1.165) is 39.5 Å². The van der Waals surface area contributed by atoms with E-state index >= 15 is 0 Å². The van der Waals surface area contributed by atoms with Crippen LogP contribution in [-0.2, 0) is 5.41 Å².